The molecule has 1 fully saturated rings. The lowest BCUT2D eigenvalue weighted by molar-refractivity contribution is 0.177. The summed E-state index contributed by atoms with van der Waals surface area (Å²) in [5, 5.41) is 7.32. The Morgan fingerprint density at radius 3 is 2.84 bits per heavy atom. The average Bonchev–Trinajstić information content (AvgIpc) is 3.24. The molecule has 0 aromatic carbocycles. The van der Waals surface area contributed by atoms with Crippen LogP contribution in [0, 0.1) is 13.8 Å². The first-order valence-electron chi connectivity index (χ1n) is 8.74. The highest BCUT2D eigenvalue weighted by atomic mass is 16.5. The van der Waals surface area contributed by atoms with Crippen molar-refractivity contribution < 1.29 is 9.47 Å². The van der Waals surface area contributed by atoms with Crippen molar-refractivity contribution in [2.24, 2.45) is 0 Å². The molecule has 136 valence electrons. The van der Waals surface area contributed by atoms with Crippen LogP contribution in [0.4, 0.5) is 5.82 Å². The summed E-state index contributed by atoms with van der Waals surface area (Å²) in [5.41, 5.74) is 4.54. The van der Waals surface area contributed by atoms with E-state index in [1.54, 1.807) is 7.11 Å². The molecule has 1 atom stereocenters. The number of rotatable bonds is 7. The highest BCUT2D eigenvalue weighted by Crippen LogP contribution is 2.26. The maximum absolute atomic E-state index is 5.52. The fraction of sp³-hybridized carbons (Fsp3) is 0.611. The molecule has 1 aliphatic heterocycles. The third-order valence-electron chi connectivity index (χ3n) is 4.77. The van der Waals surface area contributed by atoms with Crippen molar-refractivity contribution in [3.05, 3.63) is 34.5 Å². The lowest BCUT2D eigenvalue weighted by atomic mass is 10.0. The van der Waals surface area contributed by atoms with E-state index >= 15 is 0 Å². The minimum absolute atomic E-state index is 0.351. The van der Waals surface area contributed by atoms with Crippen molar-refractivity contribution >= 4 is 5.82 Å². The zero-order valence-electron chi connectivity index (χ0n) is 15.5. The first kappa shape index (κ1) is 17.8. The molecule has 0 bridgehead atoms. The second-order valence-electron chi connectivity index (χ2n) is 6.64. The van der Waals surface area contributed by atoms with Crippen LogP contribution in [0.25, 0.3) is 0 Å². The molecule has 2 aromatic heterocycles. The Labute approximate surface area is 148 Å². The van der Waals surface area contributed by atoms with E-state index in [0.29, 0.717) is 12.5 Å². The van der Waals surface area contributed by atoms with Gasteiger partial charge >= 0.3 is 0 Å². The highest BCUT2D eigenvalue weighted by molar-refractivity contribution is 5.40. The number of H-pyrrole nitrogens is 1. The van der Waals surface area contributed by atoms with Crippen LogP contribution >= 0.6 is 0 Å². The fourth-order valence-electron chi connectivity index (χ4n) is 3.21. The Morgan fingerprint density at radius 1 is 1.36 bits per heavy atom. The molecule has 25 heavy (non-hydrogen) atoms. The van der Waals surface area contributed by atoms with Gasteiger partial charge in [-0.05, 0) is 32.3 Å². The third kappa shape index (κ3) is 4.16. The van der Waals surface area contributed by atoms with E-state index in [2.05, 4.69) is 45.1 Å². The highest BCUT2D eigenvalue weighted by Gasteiger charge is 2.21. The number of nitrogens with one attached hydrogen (secondary N) is 1. The van der Waals surface area contributed by atoms with E-state index in [-0.39, 0.29) is 0 Å². The number of hydrogen-bond acceptors (Lipinski definition) is 6. The Balaban J connectivity index is 1.77. The van der Waals surface area contributed by atoms with E-state index in [4.69, 9.17) is 9.47 Å². The van der Waals surface area contributed by atoms with Gasteiger partial charge in [-0.25, -0.2) is 9.97 Å². The van der Waals surface area contributed by atoms with Crippen LogP contribution in [0.5, 0.6) is 0 Å². The number of nitrogens with zero attached hydrogens (tertiary/aromatic N) is 4. The van der Waals surface area contributed by atoms with Gasteiger partial charge in [-0.1, -0.05) is 0 Å². The maximum atomic E-state index is 5.52. The first-order valence-corrected chi connectivity index (χ1v) is 8.74. The zero-order valence-corrected chi connectivity index (χ0v) is 15.5. The number of aromatic amines is 1. The van der Waals surface area contributed by atoms with Gasteiger partial charge in [0, 0.05) is 45.0 Å². The van der Waals surface area contributed by atoms with Gasteiger partial charge in [0.15, 0.2) is 5.82 Å². The monoisotopic (exact) mass is 345 g/mol. The lowest BCUT2D eigenvalue weighted by Crippen LogP contribution is -2.23. The first-order chi connectivity index (χ1) is 12.1. The topological polar surface area (TPSA) is 76.2 Å². The molecule has 0 saturated carbocycles. The smallest absolute Gasteiger partial charge is 0.156 e. The minimum Gasteiger partial charge on any atom is -0.381 e. The van der Waals surface area contributed by atoms with Gasteiger partial charge in [0.2, 0.25) is 0 Å². The van der Waals surface area contributed by atoms with Gasteiger partial charge in [-0.2, -0.15) is 5.10 Å². The molecule has 2 aromatic rings. The molecule has 7 nitrogen and oxygen atoms in total. The van der Waals surface area contributed by atoms with Crippen LogP contribution < -0.4 is 4.90 Å². The third-order valence-corrected chi connectivity index (χ3v) is 4.77. The summed E-state index contributed by atoms with van der Waals surface area (Å²) in [4.78, 5) is 11.5. The van der Waals surface area contributed by atoms with E-state index in [9.17, 15) is 0 Å². The molecule has 1 saturated heterocycles. The summed E-state index contributed by atoms with van der Waals surface area (Å²) < 4.78 is 10.8. The van der Waals surface area contributed by atoms with E-state index < -0.39 is 0 Å². The average molecular weight is 345 g/mol. The number of ether oxygens (including phenoxy) is 2. The summed E-state index contributed by atoms with van der Waals surface area (Å²) in [5.74, 6) is 2.01. The molecule has 0 spiro atoms. The van der Waals surface area contributed by atoms with Crippen LogP contribution in [0.15, 0.2) is 6.07 Å². The number of aryl methyl sites for hydroxylation is 2. The van der Waals surface area contributed by atoms with Crippen LogP contribution in [0.3, 0.4) is 0 Å². The molecule has 0 radical (unpaired) electrons. The predicted octanol–water partition coefficient (Wildman–Crippen LogP) is 2.15. The quantitative estimate of drug-likeness (QED) is 0.829. The van der Waals surface area contributed by atoms with Gasteiger partial charge in [0.25, 0.3) is 0 Å². The molecule has 0 amide bonds. The van der Waals surface area contributed by atoms with E-state index in [1.165, 1.54) is 5.56 Å². The summed E-state index contributed by atoms with van der Waals surface area (Å²) in [6.45, 7) is 6.93. The second-order valence-corrected chi connectivity index (χ2v) is 6.64. The summed E-state index contributed by atoms with van der Waals surface area (Å²) in [6.07, 6.45) is 1.94. The van der Waals surface area contributed by atoms with Gasteiger partial charge < -0.3 is 14.4 Å². The summed E-state index contributed by atoms with van der Waals surface area (Å²) >= 11 is 0. The number of aromatic nitrogens is 4. The summed E-state index contributed by atoms with van der Waals surface area (Å²) in [7, 11) is 3.74. The van der Waals surface area contributed by atoms with Crippen molar-refractivity contribution in [2.75, 3.05) is 38.8 Å². The number of anilines is 1. The normalized spacial score (nSPS) is 17.2. The fourth-order valence-corrected chi connectivity index (χ4v) is 3.21. The Bertz CT molecular complexity index is 690. The molecule has 0 aliphatic carbocycles. The molecular weight excluding hydrogens is 318 g/mol. The summed E-state index contributed by atoms with van der Waals surface area (Å²) in [6, 6.07) is 2.09. The van der Waals surface area contributed by atoms with Gasteiger partial charge in [-0.15, -0.1) is 0 Å². The molecule has 3 heterocycles. The van der Waals surface area contributed by atoms with Crippen molar-refractivity contribution in [3.63, 3.8) is 0 Å². The second kappa shape index (κ2) is 7.93. The zero-order chi connectivity index (χ0) is 17.8. The maximum Gasteiger partial charge on any atom is 0.156 e. The Hall–Kier alpha value is -1.99. The number of likely N-dealkylation sites (N-methyl/N-ethyl adjacent to an activating group) is 1. The van der Waals surface area contributed by atoms with Crippen molar-refractivity contribution in [2.45, 2.75) is 39.2 Å². The largest absolute Gasteiger partial charge is 0.381 e. The predicted molar refractivity (Wildman–Crippen MR) is 96.0 cm³/mol. The SMILES string of the molecule is COCc1nc(C2CCOC2)cc(N(C)CCc2c(C)n[nH]c2C)n1. The van der Waals surface area contributed by atoms with Crippen LogP contribution in [-0.4, -0.2) is 54.1 Å². The number of hydrogen-bond donors (Lipinski definition) is 1. The van der Waals surface area contributed by atoms with Crippen LogP contribution in [0.1, 0.15) is 40.8 Å². The minimum atomic E-state index is 0.351. The lowest BCUT2D eigenvalue weighted by Gasteiger charge is -2.20. The molecule has 1 unspecified atom stereocenters. The van der Waals surface area contributed by atoms with Gasteiger partial charge in [0.05, 0.1) is 18.0 Å². The molecule has 3 rings (SSSR count). The van der Waals surface area contributed by atoms with Crippen LogP contribution in [-0.2, 0) is 22.5 Å². The Kier molecular flexibility index (Phi) is 5.65. The van der Waals surface area contributed by atoms with Gasteiger partial charge in [-0.3, -0.25) is 5.10 Å². The van der Waals surface area contributed by atoms with Crippen LogP contribution in [0.2, 0.25) is 0 Å². The van der Waals surface area contributed by atoms with E-state index in [0.717, 1.165) is 61.3 Å². The molecule has 1 aliphatic rings. The Morgan fingerprint density at radius 2 is 2.20 bits per heavy atom. The number of methoxy groups -OCH3 is 1. The van der Waals surface area contributed by atoms with Gasteiger partial charge in [0.1, 0.15) is 12.4 Å². The molecule has 1 N–H and O–H groups in total. The van der Waals surface area contributed by atoms with Crippen molar-refractivity contribution in [1.29, 1.82) is 0 Å². The van der Waals surface area contributed by atoms with Crippen molar-refractivity contribution in [3.8, 4) is 0 Å². The standard InChI is InChI=1S/C18H27N5O2/c1-12-15(13(2)22-21-12)5-7-23(3)18-9-16(14-6-8-25-10-14)19-17(20-18)11-24-4/h9,14H,5-8,10-11H2,1-4H3,(H,21,22). The molecular formula is C18H27N5O2. The van der Waals surface area contributed by atoms with E-state index in [1.807, 2.05) is 6.92 Å². The molecule has 7 heteroatoms. The van der Waals surface area contributed by atoms with Crippen molar-refractivity contribution in [1.82, 2.24) is 20.2 Å².